The van der Waals surface area contributed by atoms with E-state index in [0.717, 1.165) is 5.56 Å². The first-order valence-corrected chi connectivity index (χ1v) is 6.46. The van der Waals surface area contributed by atoms with Gasteiger partial charge in [-0.2, -0.15) is 5.10 Å². The van der Waals surface area contributed by atoms with Gasteiger partial charge in [-0.1, -0.05) is 18.2 Å². The number of nitrogens with zero attached hydrogens (tertiary/aromatic N) is 1. The third-order valence-corrected chi connectivity index (χ3v) is 2.83. The second-order valence-electron chi connectivity index (χ2n) is 5.76. The summed E-state index contributed by atoms with van der Waals surface area (Å²) in [5.74, 6) is -0.361. The molecule has 0 saturated heterocycles. The normalized spacial score (nSPS) is 11.6. The molecule has 2 rings (SSSR count). The number of carbonyl (C=O) groups is 1. The fourth-order valence-corrected chi connectivity index (χ4v) is 2.09. The minimum absolute atomic E-state index is 0.0357. The van der Waals surface area contributed by atoms with Gasteiger partial charge < -0.3 is 4.74 Å². The monoisotopic (exact) mass is 274 g/mol. The van der Waals surface area contributed by atoms with Gasteiger partial charge in [0.2, 0.25) is 0 Å². The highest BCUT2D eigenvalue weighted by Gasteiger charge is 2.18. The molecule has 1 aromatic carbocycles. The third kappa shape index (κ3) is 3.04. The van der Waals surface area contributed by atoms with Gasteiger partial charge in [0.25, 0.3) is 5.56 Å². The number of hydrogen-bond donors (Lipinski definition) is 1. The molecule has 0 saturated carbocycles. The average Bonchev–Trinajstić information content (AvgIpc) is 2.30. The fourth-order valence-electron chi connectivity index (χ4n) is 2.09. The largest absolute Gasteiger partial charge is 0.460 e. The molecule has 0 fully saturated rings. The zero-order chi connectivity index (χ0) is 14.9. The summed E-state index contributed by atoms with van der Waals surface area (Å²) in [5.41, 5.74) is 0.602. The van der Waals surface area contributed by atoms with Crippen molar-refractivity contribution in [2.45, 2.75) is 39.7 Å². The average molecular weight is 274 g/mol. The molecular formula is C15H18N2O3. The number of nitrogens with one attached hydrogen (secondary N) is 1. The van der Waals surface area contributed by atoms with Crippen LogP contribution in [0.3, 0.4) is 0 Å². The topological polar surface area (TPSA) is 72.0 Å². The fraction of sp³-hybridized carbons (Fsp3) is 0.400. The van der Waals surface area contributed by atoms with Crippen LogP contribution in [-0.2, 0) is 16.0 Å². The summed E-state index contributed by atoms with van der Waals surface area (Å²) in [7, 11) is 0. The van der Waals surface area contributed by atoms with Gasteiger partial charge in [-0.3, -0.25) is 9.59 Å². The molecule has 0 radical (unpaired) electrons. The molecule has 2 aromatic rings. The minimum atomic E-state index is -0.537. The van der Waals surface area contributed by atoms with E-state index in [0.29, 0.717) is 16.5 Å². The van der Waals surface area contributed by atoms with Crippen molar-refractivity contribution in [2.75, 3.05) is 0 Å². The van der Waals surface area contributed by atoms with Crippen LogP contribution in [0.15, 0.2) is 23.0 Å². The highest BCUT2D eigenvalue weighted by molar-refractivity contribution is 5.89. The number of fused-ring (bicyclic) bond motifs is 1. The Hall–Kier alpha value is -2.17. The van der Waals surface area contributed by atoms with Crippen LogP contribution in [0.25, 0.3) is 10.8 Å². The van der Waals surface area contributed by atoms with Crippen LogP contribution in [-0.4, -0.2) is 21.8 Å². The molecule has 106 valence electrons. The Morgan fingerprint density at radius 2 is 2.05 bits per heavy atom. The van der Waals surface area contributed by atoms with Crippen LogP contribution in [0.4, 0.5) is 0 Å². The lowest BCUT2D eigenvalue weighted by Gasteiger charge is -2.19. The number of aryl methyl sites for hydroxylation is 1. The number of carbonyl (C=O) groups excluding carboxylic acids is 1. The SMILES string of the molecule is Cc1cccc2c(CC(=O)OC(C)(C)C)n[nH]c(=O)c12. The van der Waals surface area contributed by atoms with Gasteiger partial charge in [0.05, 0.1) is 17.5 Å². The Morgan fingerprint density at radius 1 is 1.35 bits per heavy atom. The molecular weight excluding hydrogens is 256 g/mol. The molecule has 1 N–H and O–H groups in total. The predicted octanol–water partition coefficient (Wildman–Crippen LogP) is 2.12. The Labute approximate surface area is 117 Å². The van der Waals surface area contributed by atoms with Gasteiger partial charge in [-0.15, -0.1) is 0 Å². The minimum Gasteiger partial charge on any atom is -0.460 e. The maximum atomic E-state index is 11.9. The summed E-state index contributed by atoms with van der Waals surface area (Å²) in [6, 6.07) is 5.50. The van der Waals surface area contributed by atoms with Crippen molar-refractivity contribution >= 4 is 16.7 Å². The first kappa shape index (κ1) is 14.2. The molecule has 0 aliphatic carbocycles. The van der Waals surface area contributed by atoms with Crippen LogP contribution in [0.1, 0.15) is 32.0 Å². The number of aromatic amines is 1. The molecule has 0 aliphatic rings. The highest BCUT2D eigenvalue weighted by atomic mass is 16.6. The molecule has 0 aliphatic heterocycles. The number of benzene rings is 1. The van der Waals surface area contributed by atoms with Crippen LogP contribution in [0.2, 0.25) is 0 Å². The Morgan fingerprint density at radius 3 is 2.70 bits per heavy atom. The second-order valence-corrected chi connectivity index (χ2v) is 5.76. The molecule has 0 bridgehead atoms. The zero-order valence-corrected chi connectivity index (χ0v) is 12.1. The zero-order valence-electron chi connectivity index (χ0n) is 12.1. The standard InChI is InChI=1S/C15H18N2O3/c1-9-6-5-7-10-11(16-17-14(19)13(9)10)8-12(18)20-15(2,3)4/h5-7H,8H2,1-4H3,(H,17,19). The molecule has 0 spiro atoms. The third-order valence-electron chi connectivity index (χ3n) is 2.83. The number of aromatic nitrogens is 2. The van der Waals surface area contributed by atoms with Crippen molar-refractivity contribution in [1.29, 1.82) is 0 Å². The number of esters is 1. The quantitative estimate of drug-likeness (QED) is 0.851. The summed E-state index contributed by atoms with van der Waals surface area (Å²) in [5, 5.41) is 7.68. The second kappa shape index (κ2) is 5.07. The highest BCUT2D eigenvalue weighted by Crippen LogP contribution is 2.18. The van der Waals surface area contributed by atoms with E-state index >= 15 is 0 Å². The van der Waals surface area contributed by atoms with E-state index < -0.39 is 5.60 Å². The van der Waals surface area contributed by atoms with Gasteiger partial charge in [0.15, 0.2) is 0 Å². The van der Waals surface area contributed by atoms with Crippen LogP contribution in [0.5, 0.6) is 0 Å². The maximum Gasteiger partial charge on any atom is 0.312 e. The summed E-state index contributed by atoms with van der Waals surface area (Å²) < 4.78 is 5.28. The van der Waals surface area contributed by atoms with Crippen LogP contribution >= 0.6 is 0 Å². The van der Waals surface area contributed by atoms with E-state index in [1.807, 2.05) is 39.8 Å². The van der Waals surface area contributed by atoms with Gasteiger partial charge in [0, 0.05) is 5.39 Å². The molecule has 1 heterocycles. The lowest BCUT2D eigenvalue weighted by molar-refractivity contribution is -0.153. The molecule has 5 nitrogen and oxygen atoms in total. The van der Waals surface area contributed by atoms with E-state index in [4.69, 9.17) is 4.74 Å². The van der Waals surface area contributed by atoms with E-state index in [1.165, 1.54) is 0 Å². The number of ether oxygens (including phenoxy) is 1. The van der Waals surface area contributed by atoms with Crippen LogP contribution in [0, 0.1) is 6.92 Å². The summed E-state index contributed by atoms with van der Waals surface area (Å²) >= 11 is 0. The molecule has 5 heteroatoms. The molecule has 1 aromatic heterocycles. The summed E-state index contributed by atoms with van der Waals surface area (Å²) in [6.45, 7) is 7.29. The Balaban J connectivity index is 2.42. The van der Waals surface area contributed by atoms with Gasteiger partial charge in [-0.05, 0) is 33.3 Å². The number of H-pyrrole nitrogens is 1. The van der Waals surface area contributed by atoms with Gasteiger partial charge in [-0.25, -0.2) is 5.10 Å². The van der Waals surface area contributed by atoms with Gasteiger partial charge in [0.1, 0.15) is 5.60 Å². The number of hydrogen-bond acceptors (Lipinski definition) is 4. The van der Waals surface area contributed by atoms with E-state index in [9.17, 15) is 9.59 Å². The predicted molar refractivity (Wildman–Crippen MR) is 76.6 cm³/mol. The summed E-state index contributed by atoms with van der Waals surface area (Å²) in [6.07, 6.45) is 0.0357. The lowest BCUT2D eigenvalue weighted by Crippen LogP contribution is -2.25. The lowest BCUT2D eigenvalue weighted by atomic mass is 10.0. The summed E-state index contributed by atoms with van der Waals surface area (Å²) in [4.78, 5) is 23.7. The van der Waals surface area contributed by atoms with E-state index in [1.54, 1.807) is 6.07 Å². The van der Waals surface area contributed by atoms with Crippen LogP contribution < -0.4 is 5.56 Å². The number of rotatable bonds is 2. The van der Waals surface area contributed by atoms with Crippen molar-refractivity contribution < 1.29 is 9.53 Å². The molecule has 0 atom stereocenters. The smallest absolute Gasteiger partial charge is 0.312 e. The van der Waals surface area contributed by atoms with E-state index in [-0.39, 0.29) is 17.9 Å². The Kier molecular flexibility index (Phi) is 3.61. The van der Waals surface area contributed by atoms with Gasteiger partial charge >= 0.3 is 5.97 Å². The van der Waals surface area contributed by atoms with Crippen molar-refractivity contribution in [3.05, 3.63) is 39.8 Å². The molecule has 20 heavy (non-hydrogen) atoms. The van der Waals surface area contributed by atoms with E-state index in [2.05, 4.69) is 10.2 Å². The first-order chi connectivity index (χ1) is 9.28. The first-order valence-electron chi connectivity index (χ1n) is 6.46. The van der Waals surface area contributed by atoms with Crippen molar-refractivity contribution in [2.24, 2.45) is 0 Å². The molecule has 0 amide bonds. The van der Waals surface area contributed by atoms with Crippen molar-refractivity contribution in [1.82, 2.24) is 10.2 Å². The molecule has 0 unspecified atom stereocenters. The van der Waals surface area contributed by atoms with Crippen molar-refractivity contribution in [3.8, 4) is 0 Å². The maximum absolute atomic E-state index is 11.9. The Bertz CT molecular complexity index is 711. The van der Waals surface area contributed by atoms with Crippen molar-refractivity contribution in [3.63, 3.8) is 0 Å².